The van der Waals surface area contributed by atoms with Crippen LogP contribution < -0.4 is 0 Å². The molecule has 3 aliphatic heterocycles. The van der Waals surface area contributed by atoms with E-state index in [-0.39, 0.29) is 37.3 Å². The Hall–Kier alpha value is -2.89. The van der Waals surface area contributed by atoms with Gasteiger partial charge < -0.3 is 29.7 Å². The van der Waals surface area contributed by atoms with Gasteiger partial charge in [0.1, 0.15) is 17.3 Å². The lowest BCUT2D eigenvalue weighted by atomic mass is 9.21. The minimum absolute atomic E-state index is 0.0267. The molecule has 3 saturated heterocycles. The van der Waals surface area contributed by atoms with Crippen molar-refractivity contribution in [2.75, 3.05) is 19.7 Å². The van der Waals surface area contributed by atoms with Crippen molar-refractivity contribution in [3.05, 3.63) is 24.3 Å². The highest BCUT2D eigenvalue weighted by Gasteiger charge is 2.97. The number of carboxylic acid groups (broad SMARTS) is 1. The van der Waals surface area contributed by atoms with E-state index in [2.05, 4.69) is 6.58 Å². The molecular formula is C35H43NO10. The minimum atomic E-state index is -2.20. The van der Waals surface area contributed by atoms with Crippen LogP contribution in [-0.4, -0.2) is 86.8 Å². The van der Waals surface area contributed by atoms with Crippen LogP contribution in [0.5, 0.6) is 0 Å². The van der Waals surface area contributed by atoms with Crippen LogP contribution in [0, 0.1) is 57.7 Å². The molecule has 4 unspecified atom stereocenters. The Morgan fingerprint density at radius 3 is 2.37 bits per heavy atom. The first-order valence-corrected chi connectivity index (χ1v) is 16.9. The predicted octanol–water partition coefficient (Wildman–Crippen LogP) is 2.04. The van der Waals surface area contributed by atoms with Crippen LogP contribution in [0.4, 0.5) is 0 Å². The van der Waals surface area contributed by atoms with E-state index in [1.165, 1.54) is 0 Å². The Morgan fingerprint density at radius 1 is 1.02 bits per heavy atom. The number of hydrogen-bond donors (Lipinski definition) is 3. The van der Waals surface area contributed by atoms with Crippen LogP contribution in [0.15, 0.2) is 24.3 Å². The number of likely N-dealkylation sites (tertiary alicyclic amines) is 1. The zero-order valence-corrected chi connectivity index (χ0v) is 26.4. The van der Waals surface area contributed by atoms with E-state index >= 15 is 0 Å². The van der Waals surface area contributed by atoms with Crippen molar-refractivity contribution in [3.63, 3.8) is 0 Å². The van der Waals surface area contributed by atoms with Gasteiger partial charge in [-0.15, -0.1) is 0 Å². The summed E-state index contributed by atoms with van der Waals surface area (Å²) in [5.74, 6) is -8.48. The van der Waals surface area contributed by atoms with Crippen LogP contribution in [0.1, 0.15) is 65.2 Å². The van der Waals surface area contributed by atoms with Gasteiger partial charge in [0.05, 0.1) is 29.8 Å². The summed E-state index contributed by atoms with van der Waals surface area (Å²) < 4.78 is 12.2. The highest BCUT2D eigenvalue weighted by atomic mass is 16.6. The number of fused-ring (bicyclic) bond motifs is 1. The number of esters is 1. The number of ketones is 2. The highest BCUT2D eigenvalue weighted by Crippen LogP contribution is 2.85. The molecule has 3 heterocycles. The number of carboxylic acids is 1. The van der Waals surface area contributed by atoms with Gasteiger partial charge in [-0.25, -0.2) is 0 Å². The summed E-state index contributed by atoms with van der Waals surface area (Å²) in [6, 6.07) is 0. The van der Waals surface area contributed by atoms with Gasteiger partial charge in [-0.2, -0.15) is 0 Å². The van der Waals surface area contributed by atoms with E-state index in [0.717, 1.165) is 0 Å². The first-order valence-electron chi connectivity index (χ1n) is 16.9. The Balaban J connectivity index is 1.04. The molecule has 11 heteroatoms. The predicted molar refractivity (Wildman–Crippen MR) is 158 cm³/mol. The zero-order valence-electron chi connectivity index (χ0n) is 26.4. The molecule has 0 aromatic heterocycles. The van der Waals surface area contributed by atoms with E-state index in [4.69, 9.17) is 9.47 Å². The summed E-state index contributed by atoms with van der Waals surface area (Å²) in [7, 11) is 0. The number of piperidine rings is 1. The molecule has 2 bridgehead atoms. The number of allylic oxidation sites excluding steroid dienone is 2. The molecule has 3 N–H and O–H groups in total. The zero-order chi connectivity index (χ0) is 32.8. The van der Waals surface area contributed by atoms with Crippen LogP contribution >= 0.6 is 0 Å². The first kappa shape index (κ1) is 30.4. The molecule has 46 heavy (non-hydrogen) atoms. The Labute approximate surface area is 267 Å². The van der Waals surface area contributed by atoms with Gasteiger partial charge in [0.15, 0.2) is 11.4 Å². The number of aliphatic hydroxyl groups excluding tert-OH is 1. The third kappa shape index (κ3) is 3.18. The standard InChI is InChI=1S/C35H43NO10/c1-17-19-8-9-22-32-16-45-35(44,26(38)25(32)31(2,3)13-10-23(32)37)33(22)24(19)34(17,30(33)43)46-29(42)18-11-14-36(15-12-18)27(39)20-6-4-5-7-21(20)28(40)41/h4-5,18-22,24-26,38,44H,1,6-16H2,2-3H3,(H,40,41)/t19-,20?,21?,22-,24+,25+,26-,32+,33+,34?,35?/m0/s1. The molecule has 0 aromatic rings. The first-order chi connectivity index (χ1) is 21.7. The van der Waals surface area contributed by atoms with Gasteiger partial charge >= 0.3 is 11.9 Å². The molecule has 2 spiro atoms. The molecule has 8 fully saturated rings. The number of rotatable bonds is 4. The van der Waals surface area contributed by atoms with Crippen LogP contribution in [-0.2, 0) is 33.4 Å². The van der Waals surface area contributed by atoms with Gasteiger partial charge in [-0.05, 0) is 67.8 Å². The van der Waals surface area contributed by atoms with E-state index < -0.39 is 87.0 Å². The number of ether oxygens (including phenoxy) is 2. The summed E-state index contributed by atoms with van der Waals surface area (Å²) in [5, 5.41) is 33.8. The second-order valence-electron chi connectivity index (χ2n) is 16.0. The number of nitrogens with zero attached hydrogens (tertiary/aromatic N) is 1. The number of carbonyl (C=O) groups is 5. The van der Waals surface area contributed by atoms with E-state index in [1.54, 1.807) is 11.0 Å². The normalized spacial score (nSPS) is 48.4. The van der Waals surface area contributed by atoms with Crippen molar-refractivity contribution < 1.29 is 48.8 Å². The SMILES string of the molecule is C=C1[C@@H]2CC[C@H]3[C@@]45COC(O)([C@@H](O)[C@@H]4C(C)(C)CCC5=O)[C@]34C(=O)C1(OC(=O)C1CCN(C(=O)C3CC=CCC3C(=O)O)CC1)[C@H]24. The van der Waals surface area contributed by atoms with Gasteiger partial charge in [0.25, 0.3) is 0 Å². The van der Waals surface area contributed by atoms with Gasteiger partial charge in [-0.1, -0.05) is 32.6 Å². The molecule has 5 saturated carbocycles. The Morgan fingerprint density at radius 2 is 1.70 bits per heavy atom. The molecule has 11 nitrogen and oxygen atoms in total. The topological polar surface area (TPSA) is 168 Å². The average Bonchev–Trinajstić information content (AvgIpc) is 3.04. The van der Waals surface area contributed by atoms with E-state index in [1.807, 2.05) is 19.9 Å². The van der Waals surface area contributed by atoms with E-state index in [9.17, 15) is 39.3 Å². The summed E-state index contributed by atoms with van der Waals surface area (Å²) in [6.45, 7) is 8.71. The summed E-state index contributed by atoms with van der Waals surface area (Å²) in [5.41, 5.74) is -4.26. The third-order valence-corrected chi connectivity index (χ3v) is 14.1. The van der Waals surface area contributed by atoms with Gasteiger partial charge in [0.2, 0.25) is 11.7 Å². The summed E-state index contributed by atoms with van der Waals surface area (Å²) in [4.78, 5) is 69.0. The maximum Gasteiger partial charge on any atom is 0.310 e. The molecule has 11 atom stereocenters. The van der Waals surface area contributed by atoms with Crippen molar-refractivity contribution in [2.45, 2.75) is 82.7 Å². The number of aliphatic hydroxyl groups is 2. The van der Waals surface area contributed by atoms with Crippen molar-refractivity contribution in [1.29, 1.82) is 0 Å². The fourth-order valence-electron chi connectivity index (χ4n) is 12.1. The van der Waals surface area contributed by atoms with E-state index in [0.29, 0.717) is 56.9 Å². The maximum atomic E-state index is 14.7. The molecule has 248 valence electrons. The molecule has 9 aliphatic rings. The van der Waals surface area contributed by atoms with Crippen LogP contribution in [0.2, 0.25) is 0 Å². The fraction of sp³-hybridized carbons (Fsp3) is 0.743. The van der Waals surface area contributed by atoms with Gasteiger partial charge in [0, 0.05) is 31.3 Å². The van der Waals surface area contributed by atoms with Crippen molar-refractivity contribution in [3.8, 4) is 0 Å². The number of Topliss-reactive ketones (excluding diaryl/α,β-unsaturated/α-hetero) is 2. The lowest BCUT2D eigenvalue weighted by molar-refractivity contribution is -0.465. The summed E-state index contributed by atoms with van der Waals surface area (Å²) in [6.07, 6.45) is 5.52. The van der Waals surface area contributed by atoms with Crippen molar-refractivity contribution in [2.24, 2.45) is 57.7 Å². The monoisotopic (exact) mass is 637 g/mol. The molecular weight excluding hydrogens is 594 g/mol. The number of aliphatic carboxylic acids is 1. The lowest BCUT2D eigenvalue weighted by Crippen LogP contribution is -2.97. The highest BCUT2D eigenvalue weighted by molar-refractivity contribution is 6.10. The molecule has 0 aromatic carbocycles. The van der Waals surface area contributed by atoms with Crippen molar-refractivity contribution in [1.82, 2.24) is 4.90 Å². The maximum absolute atomic E-state index is 14.7. The average molecular weight is 638 g/mol. The van der Waals surface area contributed by atoms with Crippen LogP contribution in [0.25, 0.3) is 0 Å². The number of amides is 1. The second kappa shape index (κ2) is 9.38. The lowest BCUT2D eigenvalue weighted by Gasteiger charge is -2.84. The molecule has 9 rings (SSSR count). The number of hydrogen-bond acceptors (Lipinski definition) is 9. The fourth-order valence-corrected chi connectivity index (χ4v) is 12.1. The van der Waals surface area contributed by atoms with Crippen molar-refractivity contribution >= 4 is 29.4 Å². The second-order valence-corrected chi connectivity index (χ2v) is 16.0. The third-order valence-electron chi connectivity index (χ3n) is 14.1. The largest absolute Gasteiger partial charge is 0.481 e. The molecule has 1 amide bonds. The van der Waals surface area contributed by atoms with Crippen LogP contribution in [0.3, 0.4) is 0 Å². The quantitative estimate of drug-likeness (QED) is 0.307. The Kier molecular flexibility index (Phi) is 6.21. The number of carbonyl (C=O) groups excluding carboxylic acids is 4. The van der Waals surface area contributed by atoms with Gasteiger partial charge in [-0.3, -0.25) is 24.0 Å². The minimum Gasteiger partial charge on any atom is -0.481 e. The smallest absolute Gasteiger partial charge is 0.310 e. The molecule has 6 aliphatic carbocycles. The summed E-state index contributed by atoms with van der Waals surface area (Å²) >= 11 is 0. The molecule has 0 radical (unpaired) electrons. The Bertz CT molecular complexity index is 1510.